The summed E-state index contributed by atoms with van der Waals surface area (Å²) in [5, 5.41) is 5.29. The van der Waals surface area contributed by atoms with Gasteiger partial charge in [-0.3, -0.25) is 9.59 Å². The van der Waals surface area contributed by atoms with Gasteiger partial charge >= 0.3 is 0 Å². The van der Waals surface area contributed by atoms with Gasteiger partial charge in [0.05, 0.1) is 12.6 Å². The van der Waals surface area contributed by atoms with E-state index in [1.165, 1.54) is 0 Å². The Morgan fingerprint density at radius 1 is 1.17 bits per heavy atom. The molecule has 23 heavy (non-hydrogen) atoms. The highest BCUT2D eigenvalue weighted by Gasteiger charge is 2.23. The van der Waals surface area contributed by atoms with Crippen LogP contribution < -0.4 is 16.4 Å². The molecule has 6 heteroatoms. The number of aldehydes is 1. The zero-order valence-corrected chi connectivity index (χ0v) is 13.6. The summed E-state index contributed by atoms with van der Waals surface area (Å²) >= 11 is 0. The molecule has 0 aliphatic rings. The maximum Gasteiger partial charge on any atom is 0.243 e. The molecule has 1 rings (SSSR count). The topological polar surface area (TPSA) is 101 Å². The first-order valence-corrected chi connectivity index (χ1v) is 7.75. The largest absolute Gasteiger partial charge is 0.344 e. The number of nitrogens with two attached hydrogens (primary N) is 1. The minimum absolute atomic E-state index is 0.178. The predicted molar refractivity (Wildman–Crippen MR) is 88.6 cm³/mol. The molecule has 0 bridgehead atoms. The van der Waals surface area contributed by atoms with E-state index in [2.05, 4.69) is 10.6 Å². The Hall–Kier alpha value is -2.21. The van der Waals surface area contributed by atoms with Gasteiger partial charge in [0.1, 0.15) is 12.3 Å². The highest BCUT2D eigenvalue weighted by molar-refractivity contribution is 5.89. The van der Waals surface area contributed by atoms with Crippen molar-refractivity contribution in [3.63, 3.8) is 0 Å². The second kappa shape index (κ2) is 9.74. The molecule has 6 nitrogen and oxygen atoms in total. The Balaban J connectivity index is 2.69. The van der Waals surface area contributed by atoms with Crippen LogP contribution in [0.15, 0.2) is 30.3 Å². The van der Waals surface area contributed by atoms with Crippen LogP contribution in [0.1, 0.15) is 25.8 Å². The molecule has 0 fully saturated rings. The lowest BCUT2D eigenvalue weighted by Crippen LogP contribution is -2.52. The van der Waals surface area contributed by atoms with E-state index in [1.54, 1.807) is 0 Å². The third kappa shape index (κ3) is 7.06. The third-order valence-electron chi connectivity index (χ3n) is 3.33. The molecular weight excluding hydrogens is 294 g/mol. The van der Waals surface area contributed by atoms with Crippen molar-refractivity contribution in [1.82, 2.24) is 10.6 Å². The number of hydrogen-bond acceptors (Lipinski definition) is 4. The summed E-state index contributed by atoms with van der Waals surface area (Å²) in [7, 11) is 0. The fourth-order valence-corrected chi connectivity index (χ4v) is 2.24. The third-order valence-corrected chi connectivity index (χ3v) is 3.33. The molecule has 0 aliphatic heterocycles. The fourth-order valence-electron chi connectivity index (χ4n) is 2.24. The van der Waals surface area contributed by atoms with E-state index in [-0.39, 0.29) is 18.4 Å². The van der Waals surface area contributed by atoms with E-state index in [4.69, 9.17) is 5.73 Å². The van der Waals surface area contributed by atoms with Gasteiger partial charge in [0.2, 0.25) is 11.8 Å². The molecule has 0 radical (unpaired) electrons. The molecule has 0 spiro atoms. The van der Waals surface area contributed by atoms with Gasteiger partial charge in [-0.25, -0.2) is 0 Å². The Bertz CT molecular complexity index is 517. The Morgan fingerprint density at radius 3 is 2.35 bits per heavy atom. The first-order chi connectivity index (χ1) is 11.0. The van der Waals surface area contributed by atoms with Gasteiger partial charge < -0.3 is 21.2 Å². The summed E-state index contributed by atoms with van der Waals surface area (Å²) < 4.78 is 0. The predicted octanol–water partition coefficient (Wildman–Crippen LogP) is 0.402. The lowest BCUT2D eigenvalue weighted by molar-refractivity contribution is -0.130. The maximum atomic E-state index is 12.4. The minimum atomic E-state index is -0.690. The molecular formula is C17H25N3O3. The van der Waals surface area contributed by atoms with Crippen molar-refractivity contribution in [2.24, 2.45) is 11.7 Å². The number of rotatable bonds is 9. The van der Waals surface area contributed by atoms with Gasteiger partial charge in [-0.05, 0) is 24.3 Å². The second-order valence-electron chi connectivity index (χ2n) is 5.89. The van der Waals surface area contributed by atoms with Crippen molar-refractivity contribution in [2.45, 2.75) is 38.8 Å². The summed E-state index contributed by atoms with van der Waals surface area (Å²) in [6.45, 7) is 3.73. The van der Waals surface area contributed by atoms with E-state index < -0.39 is 18.0 Å². The van der Waals surface area contributed by atoms with Gasteiger partial charge in [-0.15, -0.1) is 0 Å². The zero-order chi connectivity index (χ0) is 17.2. The Labute approximate surface area is 136 Å². The molecule has 0 heterocycles. The van der Waals surface area contributed by atoms with Crippen LogP contribution in [0.5, 0.6) is 0 Å². The standard InChI is InChI=1S/C17H25N3O3/c1-12(2)8-15(20-16(22)10-18)17(23)19-14(11-21)9-13-6-4-3-5-7-13/h3-7,11-12,14-15H,8-10,18H2,1-2H3,(H,19,23)(H,20,22)/t14?,15-/m0/s1. The summed E-state index contributed by atoms with van der Waals surface area (Å²) in [5.41, 5.74) is 6.24. The van der Waals surface area contributed by atoms with Crippen molar-refractivity contribution in [3.8, 4) is 0 Å². The van der Waals surface area contributed by atoms with Crippen LogP contribution in [0, 0.1) is 5.92 Å². The lowest BCUT2D eigenvalue weighted by Gasteiger charge is -2.22. The highest BCUT2D eigenvalue weighted by atomic mass is 16.2. The lowest BCUT2D eigenvalue weighted by atomic mass is 10.0. The van der Waals surface area contributed by atoms with Crippen molar-refractivity contribution in [3.05, 3.63) is 35.9 Å². The van der Waals surface area contributed by atoms with Gasteiger partial charge in [0.25, 0.3) is 0 Å². The molecule has 1 aromatic carbocycles. The SMILES string of the molecule is CC(C)C[C@H](NC(=O)CN)C(=O)NC(C=O)Cc1ccccc1. The summed E-state index contributed by atoms with van der Waals surface area (Å²) in [6, 6.07) is 8.11. The van der Waals surface area contributed by atoms with Gasteiger partial charge in [-0.2, -0.15) is 0 Å². The molecule has 0 aromatic heterocycles. The minimum Gasteiger partial charge on any atom is -0.344 e. The van der Waals surface area contributed by atoms with Gasteiger partial charge in [0, 0.05) is 0 Å². The van der Waals surface area contributed by atoms with E-state index in [0.717, 1.165) is 5.56 Å². The quantitative estimate of drug-likeness (QED) is 0.574. The van der Waals surface area contributed by atoms with Crippen LogP contribution in [0.25, 0.3) is 0 Å². The van der Waals surface area contributed by atoms with Crippen molar-refractivity contribution >= 4 is 18.1 Å². The molecule has 126 valence electrons. The average molecular weight is 319 g/mol. The van der Waals surface area contributed by atoms with Crippen molar-refractivity contribution in [2.75, 3.05) is 6.54 Å². The molecule has 2 atom stereocenters. The molecule has 0 saturated carbocycles. The number of carbonyl (C=O) groups excluding carboxylic acids is 3. The maximum absolute atomic E-state index is 12.4. The zero-order valence-electron chi connectivity index (χ0n) is 13.6. The van der Waals surface area contributed by atoms with Gasteiger partial charge in [0.15, 0.2) is 0 Å². The van der Waals surface area contributed by atoms with E-state index in [0.29, 0.717) is 19.1 Å². The Morgan fingerprint density at radius 2 is 1.83 bits per heavy atom. The Kier molecular flexibility index (Phi) is 7.97. The molecule has 4 N–H and O–H groups in total. The molecule has 0 saturated heterocycles. The average Bonchev–Trinajstić information content (AvgIpc) is 2.53. The first-order valence-electron chi connectivity index (χ1n) is 7.75. The second-order valence-corrected chi connectivity index (χ2v) is 5.89. The number of benzene rings is 1. The number of nitrogens with one attached hydrogen (secondary N) is 2. The van der Waals surface area contributed by atoms with Gasteiger partial charge in [-0.1, -0.05) is 44.2 Å². The molecule has 1 aromatic rings. The number of amides is 2. The fraction of sp³-hybridized carbons (Fsp3) is 0.471. The van der Waals surface area contributed by atoms with Crippen LogP contribution >= 0.6 is 0 Å². The van der Waals surface area contributed by atoms with E-state index in [1.807, 2.05) is 44.2 Å². The van der Waals surface area contributed by atoms with Crippen LogP contribution in [0.4, 0.5) is 0 Å². The summed E-state index contributed by atoms with van der Waals surface area (Å²) in [6.07, 6.45) is 1.60. The molecule has 1 unspecified atom stereocenters. The smallest absolute Gasteiger partial charge is 0.243 e. The van der Waals surface area contributed by atoms with Crippen LogP contribution in [0.3, 0.4) is 0 Å². The number of carbonyl (C=O) groups is 3. The summed E-state index contributed by atoms with van der Waals surface area (Å²) in [4.78, 5) is 35.1. The van der Waals surface area contributed by atoms with Crippen LogP contribution in [0.2, 0.25) is 0 Å². The highest BCUT2D eigenvalue weighted by Crippen LogP contribution is 2.07. The normalized spacial score (nSPS) is 13.2. The summed E-state index contributed by atoms with van der Waals surface area (Å²) in [5.74, 6) is -0.544. The molecule has 2 amide bonds. The van der Waals surface area contributed by atoms with E-state index in [9.17, 15) is 14.4 Å². The van der Waals surface area contributed by atoms with Crippen molar-refractivity contribution < 1.29 is 14.4 Å². The van der Waals surface area contributed by atoms with Crippen LogP contribution in [-0.4, -0.2) is 36.7 Å². The first kappa shape index (κ1) is 18.8. The van der Waals surface area contributed by atoms with Crippen LogP contribution in [-0.2, 0) is 20.8 Å². The van der Waals surface area contributed by atoms with Crippen molar-refractivity contribution in [1.29, 1.82) is 0 Å². The monoisotopic (exact) mass is 319 g/mol. The van der Waals surface area contributed by atoms with E-state index >= 15 is 0 Å². The molecule has 0 aliphatic carbocycles. The number of hydrogen-bond donors (Lipinski definition) is 3.